The Morgan fingerprint density at radius 2 is 1.50 bits per heavy atom. The van der Waals surface area contributed by atoms with Crippen LogP contribution < -0.4 is 4.90 Å². The minimum Gasteiger partial charge on any atom is -0.371 e. The number of anilines is 1. The van der Waals surface area contributed by atoms with Crippen LogP contribution in [0.2, 0.25) is 0 Å². The maximum Gasteiger partial charge on any atom is 0.417 e. The predicted octanol–water partition coefficient (Wildman–Crippen LogP) is 5.17. The number of sulfonamides is 2. The molecule has 42 heavy (non-hydrogen) atoms. The van der Waals surface area contributed by atoms with E-state index in [2.05, 4.69) is 9.88 Å². The lowest BCUT2D eigenvalue weighted by molar-refractivity contribution is -0.139. The van der Waals surface area contributed by atoms with Crippen molar-refractivity contribution in [2.24, 2.45) is 5.41 Å². The first-order chi connectivity index (χ1) is 19.4. The number of nitrogens with zero attached hydrogens (tertiary/aromatic N) is 4. The van der Waals surface area contributed by atoms with E-state index in [1.165, 1.54) is 12.1 Å². The predicted molar refractivity (Wildman–Crippen MR) is 158 cm³/mol. The van der Waals surface area contributed by atoms with E-state index < -0.39 is 42.7 Å². The molecule has 14 heteroatoms. The standard InChI is InChI=1S/C28H37F3N4O4S2.ClH/c29-28(30,31)25-7-1-2-8-26(25)41(38,39)35-17-3-5-24(35)6-4-22-40(36,37)34-20-13-27(14-21-34)11-18-33(19-12-27)23-9-15-32-16-10-23;/h1-2,7-10,15-16,24H,3-6,11-14,17-22H2;1H. The topological polar surface area (TPSA) is 90.9 Å². The van der Waals surface area contributed by atoms with Gasteiger partial charge in [0.1, 0.15) is 0 Å². The number of benzene rings is 1. The fourth-order valence-electron chi connectivity index (χ4n) is 6.63. The Balaban J connectivity index is 0.00000405. The van der Waals surface area contributed by atoms with E-state index in [-0.39, 0.29) is 43.0 Å². The Morgan fingerprint density at radius 3 is 2.14 bits per heavy atom. The molecule has 2 aromatic rings. The van der Waals surface area contributed by atoms with Gasteiger partial charge >= 0.3 is 6.18 Å². The van der Waals surface area contributed by atoms with Gasteiger partial charge in [0.2, 0.25) is 20.0 Å². The summed E-state index contributed by atoms with van der Waals surface area (Å²) in [4.78, 5) is 5.68. The van der Waals surface area contributed by atoms with Crippen molar-refractivity contribution in [3.8, 4) is 0 Å². The molecular formula is C28H38ClF3N4O4S2. The molecule has 1 aromatic carbocycles. The molecule has 1 atom stereocenters. The van der Waals surface area contributed by atoms with Crippen LogP contribution in [0.4, 0.5) is 18.9 Å². The third kappa shape index (κ3) is 7.06. The zero-order valence-corrected chi connectivity index (χ0v) is 25.8. The van der Waals surface area contributed by atoms with Crippen molar-refractivity contribution in [2.75, 3.05) is 43.4 Å². The summed E-state index contributed by atoms with van der Waals surface area (Å²) in [5.41, 5.74) is 0.133. The summed E-state index contributed by atoms with van der Waals surface area (Å²) in [6, 6.07) is 7.71. The second-order valence-electron chi connectivity index (χ2n) is 11.5. The monoisotopic (exact) mass is 650 g/mol. The Kier molecular flexibility index (Phi) is 10.2. The highest BCUT2D eigenvalue weighted by atomic mass is 35.5. The number of aromatic nitrogens is 1. The average molecular weight is 651 g/mol. The quantitative estimate of drug-likeness (QED) is 0.392. The molecule has 1 unspecified atom stereocenters. The highest BCUT2D eigenvalue weighted by molar-refractivity contribution is 7.89. The van der Waals surface area contributed by atoms with E-state index in [4.69, 9.17) is 0 Å². The summed E-state index contributed by atoms with van der Waals surface area (Å²) >= 11 is 0. The summed E-state index contributed by atoms with van der Waals surface area (Å²) < 4.78 is 96.1. The molecule has 3 fully saturated rings. The molecule has 5 rings (SSSR count). The summed E-state index contributed by atoms with van der Waals surface area (Å²) in [5.74, 6) is -0.0979. The van der Waals surface area contributed by atoms with Crippen molar-refractivity contribution in [2.45, 2.75) is 68.5 Å². The lowest BCUT2D eigenvalue weighted by Gasteiger charge is -2.47. The van der Waals surface area contributed by atoms with Gasteiger partial charge in [0.15, 0.2) is 0 Å². The van der Waals surface area contributed by atoms with Gasteiger partial charge in [-0.1, -0.05) is 12.1 Å². The Morgan fingerprint density at radius 1 is 0.881 bits per heavy atom. The Bertz CT molecular complexity index is 1410. The maximum atomic E-state index is 13.5. The fraction of sp³-hybridized carbons (Fsp3) is 0.607. The zero-order chi connectivity index (χ0) is 29.3. The van der Waals surface area contributed by atoms with Gasteiger partial charge in [-0.05, 0) is 81.0 Å². The van der Waals surface area contributed by atoms with Crippen LogP contribution in [0, 0.1) is 5.41 Å². The smallest absolute Gasteiger partial charge is 0.371 e. The van der Waals surface area contributed by atoms with Crippen molar-refractivity contribution in [3.63, 3.8) is 0 Å². The van der Waals surface area contributed by atoms with E-state index in [0.717, 1.165) is 60.9 Å². The van der Waals surface area contributed by atoms with E-state index in [0.29, 0.717) is 25.9 Å². The van der Waals surface area contributed by atoms with Crippen molar-refractivity contribution in [3.05, 3.63) is 54.4 Å². The zero-order valence-electron chi connectivity index (χ0n) is 23.4. The van der Waals surface area contributed by atoms with Crippen molar-refractivity contribution in [1.82, 2.24) is 13.6 Å². The fourth-order valence-corrected chi connectivity index (χ4v) is 10.1. The average Bonchev–Trinajstić information content (AvgIpc) is 3.43. The Labute approximate surface area is 252 Å². The van der Waals surface area contributed by atoms with E-state index in [9.17, 15) is 30.0 Å². The SMILES string of the molecule is Cl.O=S(=O)(CCCC1CCCN1S(=O)(=O)c1ccccc1C(F)(F)F)N1CCC2(CCN(c3ccncc3)CC2)CC1. The number of halogens is 4. The molecule has 0 amide bonds. The van der Waals surface area contributed by atoms with Gasteiger partial charge in [0, 0.05) is 56.8 Å². The van der Waals surface area contributed by atoms with Crippen molar-refractivity contribution in [1.29, 1.82) is 0 Å². The lowest BCUT2D eigenvalue weighted by Crippen LogP contribution is -2.48. The van der Waals surface area contributed by atoms with Gasteiger partial charge in [0.05, 0.1) is 16.2 Å². The number of piperidine rings is 2. The first-order valence-corrected chi connectivity index (χ1v) is 17.3. The Hall–Kier alpha value is -1.93. The third-order valence-corrected chi connectivity index (χ3v) is 13.0. The molecule has 0 bridgehead atoms. The molecular weight excluding hydrogens is 613 g/mol. The normalized spacial score (nSPS) is 22.3. The van der Waals surface area contributed by atoms with Crippen LogP contribution in [0.1, 0.15) is 56.9 Å². The van der Waals surface area contributed by atoms with E-state index >= 15 is 0 Å². The van der Waals surface area contributed by atoms with Crippen LogP contribution in [0.5, 0.6) is 0 Å². The molecule has 0 saturated carbocycles. The second-order valence-corrected chi connectivity index (χ2v) is 15.4. The molecule has 0 N–H and O–H groups in total. The molecule has 0 radical (unpaired) electrons. The number of alkyl halides is 3. The molecule has 1 aromatic heterocycles. The molecule has 8 nitrogen and oxygen atoms in total. The molecule has 4 heterocycles. The summed E-state index contributed by atoms with van der Waals surface area (Å²) in [7, 11) is -7.89. The van der Waals surface area contributed by atoms with Crippen LogP contribution in [-0.4, -0.2) is 74.9 Å². The molecule has 3 aliphatic rings. The number of hydrogen-bond acceptors (Lipinski definition) is 6. The summed E-state index contributed by atoms with van der Waals surface area (Å²) in [6.07, 6.45) is 4.03. The van der Waals surface area contributed by atoms with Gasteiger partial charge in [-0.25, -0.2) is 21.1 Å². The number of hydrogen-bond donors (Lipinski definition) is 0. The molecule has 234 valence electrons. The highest BCUT2D eigenvalue weighted by Gasteiger charge is 2.43. The van der Waals surface area contributed by atoms with E-state index in [1.807, 2.05) is 12.1 Å². The minimum atomic E-state index is -4.80. The van der Waals surface area contributed by atoms with Gasteiger partial charge < -0.3 is 4.90 Å². The molecule has 1 spiro atoms. The minimum absolute atomic E-state index is 0. The van der Waals surface area contributed by atoms with Crippen molar-refractivity contribution >= 4 is 38.1 Å². The first kappa shape index (κ1) is 33.0. The highest BCUT2D eigenvalue weighted by Crippen LogP contribution is 2.43. The third-order valence-electron chi connectivity index (χ3n) is 9.07. The first-order valence-electron chi connectivity index (χ1n) is 14.2. The van der Waals surface area contributed by atoms with Crippen LogP contribution in [0.25, 0.3) is 0 Å². The molecule has 3 aliphatic heterocycles. The summed E-state index contributed by atoms with van der Waals surface area (Å²) in [6.45, 7) is 2.96. The van der Waals surface area contributed by atoms with Gasteiger partial charge in [-0.15, -0.1) is 12.4 Å². The van der Waals surface area contributed by atoms with Crippen LogP contribution >= 0.6 is 12.4 Å². The van der Waals surface area contributed by atoms with E-state index in [1.54, 1.807) is 16.7 Å². The second kappa shape index (κ2) is 13.0. The van der Waals surface area contributed by atoms with Crippen LogP contribution in [0.15, 0.2) is 53.7 Å². The lowest BCUT2D eigenvalue weighted by atomic mass is 9.71. The number of rotatable bonds is 8. The van der Waals surface area contributed by atoms with Gasteiger partial charge in [-0.3, -0.25) is 4.98 Å². The van der Waals surface area contributed by atoms with Crippen LogP contribution in [-0.2, 0) is 26.2 Å². The number of pyridine rings is 1. The van der Waals surface area contributed by atoms with Gasteiger partial charge in [0.25, 0.3) is 0 Å². The van der Waals surface area contributed by atoms with Gasteiger partial charge in [-0.2, -0.15) is 17.5 Å². The largest absolute Gasteiger partial charge is 0.417 e. The summed E-state index contributed by atoms with van der Waals surface area (Å²) in [5, 5.41) is 0. The van der Waals surface area contributed by atoms with Crippen LogP contribution in [0.3, 0.4) is 0 Å². The molecule has 3 saturated heterocycles. The maximum absolute atomic E-state index is 13.5. The molecule has 0 aliphatic carbocycles. The van der Waals surface area contributed by atoms with Crippen molar-refractivity contribution < 1.29 is 30.0 Å².